The summed E-state index contributed by atoms with van der Waals surface area (Å²) in [5.74, 6) is 1.67. The number of ether oxygens (including phenoxy) is 1. The zero-order valence-corrected chi connectivity index (χ0v) is 33.4. The van der Waals surface area contributed by atoms with Crippen molar-refractivity contribution in [3.05, 3.63) is 46.0 Å². The van der Waals surface area contributed by atoms with Crippen LogP contribution in [-0.4, -0.2) is 35.5 Å². The second kappa shape index (κ2) is 13.9. The summed E-state index contributed by atoms with van der Waals surface area (Å²) in [5, 5.41) is 13.8. The smallest absolute Gasteiger partial charge is 0.306 e. The van der Waals surface area contributed by atoms with Crippen molar-refractivity contribution in [3.63, 3.8) is 0 Å². The number of fused-ring (bicyclic) bond motifs is 7. The first-order valence-electron chi connectivity index (χ1n) is 20.0. The van der Waals surface area contributed by atoms with Gasteiger partial charge in [-0.2, -0.15) is 0 Å². The van der Waals surface area contributed by atoms with Gasteiger partial charge in [-0.1, -0.05) is 84.7 Å². The molecule has 1 aromatic rings. The minimum atomic E-state index is -0.885. The molecule has 0 heterocycles. The summed E-state index contributed by atoms with van der Waals surface area (Å²) in [6.45, 7) is 19.7. The monoisotopic (exact) mass is 721 g/mol. The summed E-state index contributed by atoms with van der Waals surface area (Å²) < 4.78 is 6.25. The second-order valence-electron chi connectivity index (χ2n) is 19.7. The number of nitrogens with one attached hydrogen (secondary N) is 1. The molecule has 7 heteroatoms. The molecule has 6 rings (SSSR count). The van der Waals surface area contributed by atoms with E-state index >= 15 is 0 Å². The standard InChI is InChI=1S/C44H64ClNO5/c1-27(2)38-33(47)23-44(21-22-46-26-28-9-11-29(45)12-10-28)20-19-42(7)30-15-16-34-41(5,6)35(51-37(50)25-40(3,4)24-36(48)49)17-18-43(34,8)31(30)13-14-32(42)39(38)44/h9-12,27,30-32,34-35,46H,13-26H2,1-8H3,(H,48,49)/t30-,31?,32-,34?,35+,42+,43-,44-/m1/s1. The van der Waals surface area contributed by atoms with E-state index in [1.165, 1.54) is 24.8 Å². The lowest BCUT2D eigenvalue weighted by atomic mass is 9.37. The quantitative estimate of drug-likeness (QED) is 0.175. The van der Waals surface area contributed by atoms with E-state index in [9.17, 15) is 19.5 Å². The van der Waals surface area contributed by atoms with Gasteiger partial charge in [0, 0.05) is 28.8 Å². The molecule has 5 aliphatic carbocycles. The third kappa shape index (κ3) is 6.99. The highest BCUT2D eigenvalue weighted by molar-refractivity contribution is 6.30. The SMILES string of the molecule is CC(C)C1=C2[C@H]3CCC4[C@@H](CCC5C(C)(C)[C@@H](OC(=O)CC(C)(C)CC(=O)O)CC[C@]45C)[C@]3(C)CC[C@@]2(CCNCc2ccc(Cl)cc2)CC1=O. The molecule has 0 aromatic heterocycles. The lowest BCUT2D eigenvalue weighted by Crippen LogP contribution is -2.61. The Kier molecular flexibility index (Phi) is 10.5. The fourth-order valence-corrected chi connectivity index (χ4v) is 13.1. The Labute approximate surface area is 312 Å². The van der Waals surface area contributed by atoms with Gasteiger partial charge in [0.2, 0.25) is 0 Å². The maximum Gasteiger partial charge on any atom is 0.306 e. The van der Waals surface area contributed by atoms with Crippen LogP contribution in [0.5, 0.6) is 0 Å². The first kappa shape index (κ1) is 38.5. The van der Waals surface area contributed by atoms with E-state index in [0.29, 0.717) is 35.9 Å². The van der Waals surface area contributed by atoms with Gasteiger partial charge in [0.25, 0.3) is 0 Å². The van der Waals surface area contributed by atoms with E-state index in [0.717, 1.165) is 62.2 Å². The third-order valence-corrected chi connectivity index (χ3v) is 15.5. The molecule has 0 amide bonds. The van der Waals surface area contributed by atoms with Crippen LogP contribution in [0.15, 0.2) is 35.4 Å². The molecule has 0 aliphatic heterocycles. The molecule has 0 radical (unpaired) electrons. The number of hydrogen-bond donors (Lipinski definition) is 2. The molecule has 282 valence electrons. The van der Waals surface area contributed by atoms with Gasteiger partial charge < -0.3 is 15.2 Å². The van der Waals surface area contributed by atoms with Crippen LogP contribution in [0.4, 0.5) is 0 Å². The van der Waals surface area contributed by atoms with Crippen LogP contribution >= 0.6 is 11.6 Å². The number of esters is 1. The molecular formula is C44H64ClNO5. The third-order valence-electron chi connectivity index (χ3n) is 15.3. The first-order valence-corrected chi connectivity index (χ1v) is 20.3. The highest BCUT2D eigenvalue weighted by Gasteiger charge is 2.66. The van der Waals surface area contributed by atoms with Crippen molar-refractivity contribution in [2.75, 3.05) is 6.54 Å². The number of rotatable bonds is 11. The van der Waals surface area contributed by atoms with E-state index in [4.69, 9.17) is 16.3 Å². The molecule has 1 aromatic carbocycles. The highest BCUT2D eigenvalue weighted by Crippen LogP contribution is 2.73. The average Bonchev–Trinajstić information content (AvgIpc) is 3.33. The lowest BCUT2D eigenvalue weighted by molar-refractivity contribution is -0.204. The maximum absolute atomic E-state index is 13.9. The van der Waals surface area contributed by atoms with Gasteiger partial charge in [-0.15, -0.1) is 0 Å². The van der Waals surface area contributed by atoms with Gasteiger partial charge in [0.1, 0.15) is 6.10 Å². The summed E-state index contributed by atoms with van der Waals surface area (Å²) in [4.78, 5) is 38.5. The molecule has 4 saturated carbocycles. The predicted molar refractivity (Wildman–Crippen MR) is 203 cm³/mol. The molecule has 2 N–H and O–H groups in total. The number of carboxylic acid groups (broad SMARTS) is 1. The zero-order chi connectivity index (χ0) is 37.1. The van der Waals surface area contributed by atoms with Crippen molar-refractivity contribution in [2.24, 2.45) is 56.7 Å². The number of carboxylic acids is 1. The van der Waals surface area contributed by atoms with Crippen molar-refractivity contribution in [3.8, 4) is 0 Å². The summed E-state index contributed by atoms with van der Waals surface area (Å²) >= 11 is 6.11. The minimum absolute atomic E-state index is 0.0231. The van der Waals surface area contributed by atoms with Crippen LogP contribution in [0.25, 0.3) is 0 Å². The lowest BCUT2D eigenvalue weighted by Gasteiger charge is -2.68. The fraction of sp³-hybridized carbons (Fsp3) is 0.750. The normalized spacial score (nSPS) is 35.9. The van der Waals surface area contributed by atoms with Gasteiger partial charge in [-0.05, 0) is 133 Å². The summed E-state index contributed by atoms with van der Waals surface area (Å²) in [5.41, 5.74) is 3.48. The Morgan fingerprint density at radius 2 is 1.61 bits per heavy atom. The summed E-state index contributed by atoms with van der Waals surface area (Å²) in [6.07, 6.45) is 10.5. The summed E-state index contributed by atoms with van der Waals surface area (Å²) in [7, 11) is 0. The number of carbonyl (C=O) groups is 3. The molecule has 5 aliphatic rings. The van der Waals surface area contributed by atoms with Crippen LogP contribution in [0.2, 0.25) is 5.02 Å². The predicted octanol–water partition coefficient (Wildman–Crippen LogP) is 10.2. The van der Waals surface area contributed by atoms with Gasteiger partial charge in [-0.25, -0.2) is 0 Å². The average molecular weight is 722 g/mol. The van der Waals surface area contributed by atoms with E-state index in [2.05, 4.69) is 59.0 Å². The van der Waals surface area contributed by atoms with Crippen molar-refractivity contribution in [1.82, 2.24) is 5.32 Å². The zero-order valence-electron chi connectivity index (χ0n) is 32.6. The Morgan fingerprint density at radius 1 is 0.941 bits per heavy atom. The molecule has 8 atom stereocenters. The van der Waals surface area contributed by atoms with Crippen molar-refractivity contribution >= 4 is 29.3 Å². The largest absolute Gasteiger partial charge is 0.481 e. The van der Waals surface area contributed by atoms with Gasteiger partial charge in [-0.3, -0.25) is 14.4 Å². The molecular weight excluding hydrogens is 658 g/mol. The molecule has 0 spiro atoms. The molecule has 2 unspecified atom stereocenters. The number of benzene rings is 1. The van der Waals surface area contributed by atoms with Gasteiger partial charge in [0.15, 0.2) is 5.78 Å². The van der Waals surface area contributed by atoms with E-state index in [-0.39, 0.29) is 52.5 Å². The van der Waals surface area contributed by atoms with Crippen LogP contribution in [-0.2, 0) is 25.7 Å². The Bertz CT molecular complexity index is 1540. The number of hydrogen-bond acceptors (Lipinski definition) is 5. The van der Waals surface area contributed by atoms with E-state index < -0.39 is 11.4 Å². The summed E-state index contributed by atoms with van der Waals surface area (Å²) in [6, 6.07) is 8.07. The fourth-order valence-electron chi connectivity index (χ4n) is 12.9. The first-order chi connectivity index (χ1) is 23.8. The van der Waals surface area contributed by atoms with Crippen LogP contribution in [0.1, 0.15) is 138 Å². The number of ketones is 1. The Hall–Kier alpha value is -2.18. The van der Waals surface area contributed by atoms with Crippen LogP contribution in [0.3, 0.4) is 0 Å². The minimum Gasteiger partial charge on any atom is -0.481 e. The van der Waals surface area contributed by atoms with Crippen molar-refractivity contribution in [1.29, 1.82) is 0 Å². The maximum atomic E-state index is 13.9. The van der Waals surface area contributed by atoms with Crippen molar-refractivity contribution < 1.29 is 24.2 Å². The van der Waals surface area contributed by atoms with Crippen molar-refractivity contribution in [2.45, 2.75) is 145 Å². The molecule has 0 saturated heterocycles. The van der Waals surface area contributed by atoms with Crippen LogP contribution in [0, 0.1) is 56.7 Å². The van der Waals surface area contributed by atoms with E-state index in [1.807, 2.05) is 26.0 Å². The molecule has 4 fully saturated rings. The number of allylic oxidation sites excluding steroid dienone is 2. The Morgan fingerprint density at radius 3 is 2.27 bits per heavy atom. The topological polar surface area (TPSA) is 92.7 Å². The highest BCUT2D eigenvalue weighted by atomic mass is 35.5. The Balaban J connectivity index is 1.19. The number of carbonyl (C=O) groups excluding carboxylic acids is 2. The number of Topliss-reactive ketones (excluding diaryl/α,β-unsaturated/α-hetero) is 1. The van der Waals surface area contributed by atoms with Gasteiger partial charge >= 0.3 is 11.9 Å². The molecule has 51 heavy (non-hydrogen) atoms. The van der Waals surface area contributed by atoms with Gasteiger partial charge in [0.05, 0.1) is 12.8 Å². The number of halogens is 1. The van der Waals surface area contributed by atoms with E-state index in [1.54, 1.807) is 5.57 Å². The van der Waals surface area contributed by atoms with Crippen LogP contribution < -0.4 is 5.32 Å². The molecule has 0 bridgehead atoms. The number of aliphatic carboxylic acids is 1. The molecule has 6 nitrogen and oxygen atoms in total. The second-order valence-corrected chi connectivity index (χ2v) is 20.1.